The highest BCUT2D eigenvalue weighted by atomic mass is 16.5. The minimum atomic E-state index is -1.82. The molecule has 0 radical (unpaired) electrons. The van der Waals surface area contributed by atoms with E-state index < -0.39 is 11.9 Å². The van der Waals surface area contributed by atoms with Crippen LogP contribution in [0.3, 0.4) is 0 Å². The van der Waals surface area contributed by atoms with Crippen molar-refractivity contribution in [2.24, 2.45) is 0 Å². The second-order valence-corrected chi connectivity index (χ2v) is 8.26. The Bertz CT molecular complexity index is 1390. The van der Waals surface area contributed by atoms with Crippen LogP contribution in [0.4, 0.5) is 0 Å². The minimum Gasteiger partial charge on any atom is -0.473 e. The fraction of sp³-hybridized carbons (Fsp3) is 0.192. The first kappa shape index (κ1) is 24.6. The van der Waals surface area contributed by atoms with Crippen LogP contribution in [-0.2, 0) is 16.1 Å². The molecule has 0 spiro atoms. The molecule has 10 heteroatoms. The van der Waals surface area contributed by atoms with E-state index in [1.165, 1.54) is 16.3 Å². The third kappa shape index (κ3) is 5.56. The van der Waals surface area contributed by atoms with Gasteiger partial charge in [-0.15, -0.1) is 0 Å². The Kier molecular flexibility index (Phi) is 7.36. The van der Waals surface area contributed by atoms with Gasteiger partial charge in [-0.1, -0.05) is 59.8 Å². The average molecular weight is 489 g/mol. The Morgan fingerprint density at radius 2 is 1.69 bits per heavy atom. The lowest BCUT2D eigenvalue weighted by Gasteiger charge is -2.37. The molecule has 0 saturated carbocycles. The van der Waals surface area contributed by atoms with E-state index in [4.69, 9.17) is 24.3 Å². The van der Waals surface area contributed by atoms with Crippen LogP contribution in [0.15, 0.2) is 71.3 Å². The molecule has 0 unspecified atom stereocenters. The Labute approximate surface area is 206 Å². The number of aromatic nitrogens is 2. The average Bonchev–Trinajstić information content (AvgIpc) is 3.35. The first-order valence-corrected chi connectivity index (χ1v) is 11.2. The standard InChI is InChI=1S/C24H22N4O2.C2H2O4/c1-25-23(29)18-9-5-8-17(12-18)22-26-24(30-27-22)20-14-28(15-20)13-19-10-4-7-16-6-2-3-11-21(16)19;3-1(4)2(5)6/h2-12,20H,13-15H2,1H3,(H,25,29);(H,3,4)(H,5,6). The molecule has 3 aromatic carbocycles. The molecule has 1 aliphatic heterocycles. The molecule has 3 N–H and O–H groups in total. The number of carboxylic acids is 2. The normalized spacial score (nSPS) is 13.4. The summed E-state index contributed by atoms with van der Waals surface area (Å²) in [4.78, 5) is 37.0. The lowest BCUT2D eigenvalue weighted by Crippen LogP contribution is -2.44. The predicted octanol–water partition coefficient (Wildman–Crippen LogP) is 3.00. The van der Waals surface area contributed by atoms with Gasteiger partial charge < -0.3 is 20.1 Å². The highest BCUT2D eigenvalue weighted by Gasteiger charge is 2.32. The Morgan fingerprint density at radius 3 is 2.42 bits per heavy atom. The molecule has 0 atom stereocenters. The molecule has 1 aromatic heterocycles. The number of amides is 1. The third-order valence-corrected chi connectivity index (χ3v) is 5.82. The fourth-order valence-electron chi connectivity index (χ4n) is 3.99. The van der Waals surface area contributed by atoms with Gasteiger partial charge in [-0.2, -0.15) is 4.98 Å². The molecule has 1 fully saturated rings. The number of nitrogens with one attached hydrogen (secondary N) is 1. The Balaban J connectivity index is 0.000000455. The first-order chi connectivity index (χ1) is 17.4. The second kappa shape index (κ2) is 10.8. The summed E-state index contributed by atoms with van der Waals surface area (Å²) in [5.41, 5.74) is 2.69. The molecule has 10 nitrogen and oxygen atoms in total. The number of aliphatic carboxylic acids is 2. The van der Waals surface area contributed by atoms with Gasteiger partial charge in [-0.25, -0.2) is 9.59 Å². The third-order valence-electron chi connectivity index (χ3n) is 5.82. The number of benzene rings is 3. The van der Waals surface area contributed by atoms with Crippen molar-refractivity contribution in [1.82, 2.24) is 20.4 Å². The van der Waals surface area contributed by atoms with E-state index >= 15 is 0 Å². The summed E-state index contributed by atoms with van der Waals surface area (Å²) < 4.78 is 5.53. The van der Waals surface area contributed by atoms with Crippen LogP contribution >= 0.6 is 0 Å². The summed E-state index contributed by atoms with van der Waals surface area (Å²) in [6, 6.07) is 22.2. The van der Waals surface area contributed by atoms with Gasteiger partial charge >= 0.3 is 11.9 Å². The molecule has 4 aromatic rings. The number of carbonyl (C=O) groups excluding carboxylic acids is 1. The van der Waals surface area contributed by atoms with Crippen molar-refractivity contribution in [2.75, 3.05) is 20.1 Å². The molecular formula is C26H24N4O6. The van der Waals surface area contributed by atoms with Gasteiger partial charge in [0.05, 0.1) is 5.92 Å². The van der Waals surface area contributed by atoms with Crippen LogP contribution in [0, 0.1) is 0 Å². The number of carboxylic acid groups (broad SMARTS) is 2. The fourth-order valence-corrected chi connectivity index (χ4v) is 3.99. The van der Waals surface area contributed by atoms with Crippen molar-refractivity contribution >= 4 is 28.6 Å². The van der Waals surface area contributed by atoms with Crippen molar-refractivity contribution in [3.8, 4) is 11.4 Å². The summed E-state index contributed by atoms with van der Waals surface area (Å²) in [5, 5.41) is 24.1. The van der Waals surface area contributed by atoms with E-state index in [-0.39, 0.29) is 11.8 Å². The van der Waals surface area contributed by atoms with Gasteiger partial charge in [0.2, 0.25) is 11.7 Å². The molecule has 184 valence electrons. The quantitative estimate of drug-likeness (QED) is 0.361. The minimum absolute atomic E-state index is 0.136. The van der Waals surface area contributed by atoms with Crippen molar-refractivity contribution in [2.45, 2.75) is 12.5 Å². The van der Waals surface area contributed by atoms with Crippen molar-refractivity contribution < 1.29 is 29.1 Å². The molecule has 0 aliphatic carbocycles. The highest BCUT2D eigenvalue weighted by Crippen LogP contribution is 2.30. The number of hydrogen-bond acceptors (Lipinski definition) is 7. The molecule has 5 rings (SSSR count). The summed E-state index contributed by atoms with van der Waals surface area (Å²) in [7, 11) is 1.61. The number of nitrogens with zero attached hydrogens (tertiary/aromatic N) is 3. The summed E-state index contributed by atoms with van der Waals surface area (Å²) in [5.74, 6) is -2.37. The summed E-state index contributed by atoms with van der Waals surface area (Å²) >= 11 is 0. The van der Waals surface area contributed by atoms with E-state index in [0.717, 1.165) is 25.2 Å². The first-order valence-electron chi connectivity index (χ1n) is 11.2. The van der Waals surface area contributed by atoms with Crippen LogP contribution in [0.5, 0.6) is 0 Å². The van der Waals surface area contributed by atoms with E-state index in [1.807, 2.05) is 12.1 Å². The highest BCUT2D eigenvalue weighted by molar-refractivity contribution is 6.27. The molecule has 2 heterocycles. The van der Waals surface area contributed by atoms with E-state index in [9.17, 15) is 4.79 Å². The molecule has 36 heavy (non-hydrogen) atoms. The second-order valence-electron chi connectivity index (χ2n) is 8.26. The van der Waals surface area contributed by atoms with Gasteiger partial charge in [-0.05, 0) is 28.5 Å². The van der Waals surface area contributed by atoms with Crippen LogP contribution in [0.1, 0.15) is 27.7 Å². The molecule has 1 saturated heterocycles. The summed E-state index contributed by atoms with van der Waals surface area (Å²) in [6.07, 6.45) is 0. The lowest BCUT2D eigenvalue weighted by molar-refractivity contribution is -0.159. The smallest absolute Gasteiger partial charge is 0.414 e. The predicted molar refractivity (Wildman–Crippen MR) is 130 cm³/mol. The maximum atomic E-state index is 11.9. The van der Waals surface area contributed by atoms with Crippen LogP contribution in [0.2, 0.25) is 0 Å². The number of carbonyl (C=O) groups is 3. The monoisotopic (exact) mass is 488 g/mol. The zero-order valence-corrected chi connectivity index (χ0v) is 19.4. The molecule has 0 bridgehead atoms. The molecule has 1 aliphatic rings. The van der Waals surface area contributed by atoms with Gasteiger partial charge in [0.25, 0.3) is 5.91 Å². The van der Waals surface area contributed by atoms with E-state index in [0.29, 0.717) is 17.3 Å². The topological polar surface area (TPSA) is 146 Å². The van der Waals surface area contributed by atoms with Crippen LogP contribution in [-0.4, -0.2) is 63.2 Å². The maximum absolute atomic E-state index is 11.9. The van der Waals surface area contributed by atoms with E-state index in [2.05, 4.69) is 62.8 Å². The number of likely N-dealkylation sites (tertiary alicyclic amines) is 1. The number of hydrogen-bond donors (Lipinski definition) is 3. The van der Waals surface area contributed by atoms with Crippen LogP contribution < -0.4 is 5.32 Å². The van der Waals surface area contributed by atoms with Gasteiger partial charge in [0.1, 0.15) is 0 Å². The zero-order valence-electron chi connectivity index (χ0n) is 19.4. The molecular weight excluding hydrogens is 464 g/mol. The largest absolute Gasteiger partial charge is 0.473 e. The Hall–Kier alpha value is -4.57. The van der Waals surface area contributed by atoms with Gasteiger partial charge in [0, 0.05) is 37.8 Å². The van der Waals surface area contributed by atoms with Crippen molar-refractivity contribution in [3.63, 3.8) is 0 Å². The van der Waals surface area contributed by atoms with Crippen molar-refractivity contribution in [3.05, 3.63) is 83.7 Å². The maximum Gasteiger partial charge on any atom is 0.414 e. The van der Waals surface area contributed by atoms with E-state index in [1.54, 1.807) is 19.2 Å². The van der Waals surface area contributed by atoms with Gasteiger partial charge in [-0.3, -0.25) is 9.69 Å². The Morgan fingerprint density at radius 1 is 1.00 bits per heavy atom. The summed E-state index contributed by atoms with van der Waals surface area (Å²) in [6.45, 7) is 2.69. The SMILES string of the molecule is CNC(=O)c1cccc(-c2noc(C3CN(Cc4cccc5ccccc45)C3)n2)c1.O=C(O)C(=O)O. The van der Waals surface area contributed by atoms with Crippen molar-refractivity contribution in [1.29, 1.82) is 0 Å². The zero-order chi connectivity index (χ0) is 25.7. The van der Waals surface area contributed by atoms with Crippen LogP contribution in [0.25, 0.3) is 22.2 Å². The lowest BCUT2D eigenvalue weighted by atomic mass is 9.97. The molecule has 1 amide bonds. The van der Waals surface area contributed by atoms with Gasteiger partial charge in [0.15, 0.2) is 0 Å². The number of fused-ring (bicyclic) bond motifs is 1. The number of rotatable bonds is 5.